The van der Waals surface area contributed by atoms with E-state index in [1.807, 2.05) is 19.9 Å². The highest BCUT2D eigenvalue weighted by molar-refractivity contribution is 9.10. The Kier molecular flexibility index (Phi) is 4.77. The molecular formula is C15H17BrN2O3. The number of carbonyl (C=O) groups excluding carboxylic acids is 3. The van der Waals surface area contributed by atoms with E-state index in [4.69, 9.17) is 0 Å². The van der Waals surface area contributed by atoms with E-state index in [0.717, 1.165) is 15.8 Å². The summed E-state index contributed by atoms with van der Waals surface area (Å²) in [4.78, 5) is 37.6. The van der Waals surface area contributed by atoms with Crippen LogP contribution in [-0.2, 0) is 9.59 Å². The fourth-order valence-electron chi connectivity index (χ4n) is 2.21. The van der Waals surface area contributed by atoms with Gasteiger partial charge in [-0.1, -0.05) is 48.3 Å². The maximum Gasteiger partial charge on any atom is 0.330 e. The second-order valence-electron chi connectivity index (χ2n) is 5.24. The summed E-state index contributed by atoms with van der Waals surface area (Å²) in [6.45, 7) is 4.28. The van der Waals surface area contributed by atoms with E-state index in [1.54, 1.807) is 18.2 Å². The summed E-state index contributed by atoms with van der Waals surface area (Å²) >= 11 is 3.32. The highest BCUT2D eigenvalue weighted by Gasteiger charge is 2.41. The molecule has 2 rings (SSSR count). The Labute approximate surface area is 131 Å². The maximum atomic E-state index is 12.5. The minimum atomic E-state index is -0.968. The Balaban J connectivity index is 2.31. The first kappa shape index (κ1) is 15.7. The van der Waals surface area contributed by atoms with Gasteiger partial charge in [-0.3, -0.25) is 19.8 Å². The molecule has 0 spiro atoms. The Morgan fingerprint density at radius 1 is 1.33 bits per heavy atom. The van der Waals surface area contributed by atoms with Crippen molar-refractivity contribution in [1.29, 1.82) is 0 Å². The number of benzene rings is 1. The van der Waals surface area contributed by atoms with Crippen molar-refractivity contribution < 1.29 is 14.4 Å². The summed E-state index contributed by atoms with van der Waals surface area (Å²) in [5.74, 6) is -1.80. The molecule has 2 unspecified atom stereocenters. The molecule has 0 aliphatic carbocycles. The third-order valence-corrected chi connectivity index (χ3v) is 4.12. The lowest BCUT2D eigenvalue weighted by atomic mass is 9.94. The van der Waals surface area contributed by atoms with E-state index in [-0.39, 0.29) is 5.92 Å². The van der Waals surface area contributed by atoms with E-state index < -0.39 is 23.8 Å². The molecule has 4 amide bonds. The van der Waals surface area contributed by atoms with Gasteiger partial charge in [0.25, 0.3) is 0 Å². The van der Waals surface area contributed by atoms with Crippen LogP contribution < -0.4 is 5.32 Å². The topological polar surface area (TPSA) is 66.5 Å². The maximum absolute atomic E-state index is 12.5. The molecule has 2 atom stereocenters. The lowest BCUT2D eigenvalue weighted by Crippen LogP contribution is -2.57. The molecule has 1 aliphatic heterocycles. The predicted molar refractivity (Wildman–Crippen MR) is 81.6 cm³/mol. The third kappa shape index (κ3) is 3.32. The number of halogens is 1. The summed E-state index contributed by atoms with van der Waals surface area (Å²) in [6, 6.07) is 6.38. The number of nitrogens with zero attached hydrogens (tertiary/aromatic N) is 1. The van der Waals surface area contributed by atoms with Gasteiger partial charge in [0.2, 0.25) is 11.8 Å². The quantitative estimate of drug-likeness (QED) is 0.847. The average molecular weight is 353 g/mol. The van der Waals surface area contributed by atoms with Crippen LogP contribution >= 0.6 is 15.9 Å². The summed E-state index contributed by atoms with van der Waals surface area (Å²) in [6.07, 6.45) is 0.854. The molecule has 112 valence electrons. The minimum absolute atomic E-state index is 0.191. The molecule has 5 nitrogen and oxygen atoms in total. The van der Waals surface area contributed by atoms with Crippen molar-refractivity contribution in [3.8, 4) is 0 Å². The predicted octanol–water partition coefficient (Wildman–Crippen LogP) is 2.66. The number of carbonyl (C=O) groups is 3. The van der Waals surface area contributed by atoms with Gasteiger partial charge in [0.05, 0.1) is 0 Å². The van der Waals surface area contributed by atoms with Crippen LogP contribution in [0.1, 0.15) is 31.7 Å². The lowest BCUT2D eigenvalue weighted by molar-refractivity contribution is -0.139. The smallest absolute Gasteiger partial charge is 0.277 e. The molecular weight excluding hydrogens is 336 g/mol. The highest BCUT2D eigenvalue weighted by atomic mass is 79.9. The molecule has 21 heavy (non-hydrogen) atoms. The Hall–Kier alpha value is -1.69. The van der Waals surface area contributed by atoms with Gasteiger partial charge >= 0.3 is 6.03 Å². The van der Waals surface area contributed by atoms with E-state index in [2.05, 4.69) is 21.2 Å². The van der Waals surface area contributed by atoms with Gasteiger partial charge in [-0.05, 0) is 23.6 Å². The number of amides is 4. The second-order valence-corrected chi connectivity index (χ2v) is 6.16. The van der Waals surface area contributed by atoms with E-state index in [0.29, 0.717) is 12.1 Å². The fourth-order valence-corrected chi connectivity index (χ4v) is 2.62. The normalized spacial score (nSPS) is 20.4. The van der Waals surface area contributed by atoms with Crippen LogP contribution in [0.2, 0.25) is 0 Å². The molecule has 1 aromatic carbocycles. The zero-order valence-corrected chi connectivity index (χ0v) is 13.5. The summed E-state index contributed by atoms with van der Waals surface area (Å²) < 4.78 is 0.783. The van der Waals surface area contributed by atoms with Gasteiger partial charge in [-0.15, -0.1) is 0 Å². The monoisotopic (exact) mass is 352 g/mol. The van der Waals surface area contributed by atoms with Crippen LogP contribution in [0.3, 0.4) is 0 Å². The molecule has 6 heteroatoms. The summed E-state index contributed by atoms with van der Waals surface area (Å²) in [5.41, 5.74) is 0.577. The first-order valence-corrected chi connectivity index (χ1v) is 7.65. The molecule has 1 aliphatic rings. The molecule has 0 bridgehead atoms. The highest BCUT2D eigenvalue weighted by Crippen LogP contribution is 2.25. The van der Waals surface area contributed by atoms with Crippen LogP contribution in [0, 0.1) is 5.92 Å². The van der Waals surface area contributed by atoms with Crippen molar-refractivity contribution >= 4 is 33.8 Å². The van der Waals surface area contributed by atoms with Gasteiger partial charge in [0, 0.05) is 11.0 Å². The molecule has 1 fully saturated rings. The Morgan fingerprint density at radius 2 is 2.05 bits per heavy atom. The van der Waals surface area contributed by atoms with Crippen molar-refractivity contribution in [3.63, 3.8) is 0 Å². The van der Waals surface area contributed by atoms with Crippen molar-refractivity contribution in [2.24, 2.45) is 5.92 Å². The minimum Gasteiger partial charge on any atom is -0.277 e. The van der Waals surface area contributed by atoms with Crippen molar-refractivity contribution in [3.05, 3.63) is 34.3 Å². The van der Waals surface area contributed by atoms with Crippen molar-refractivity contribution in [1.82, 2.24) is 10.2 Å². The standard InChI is InChI=1S/C15H17BrN2O3/c1-3-9(2)8-18-14(20)12(13(19)17-15(18)21)10-5-4-6-11(16)7-10/h4-7,9,12H,3,8H2,1-2H3,(H,17,19,21). The molecule has 0 radical (unpaired) electrons. The summed E-state index contributed by atoms with van der Waals surface area (Å²) in [7, 11) is 0. The number of hydrogen-bond donors (Lipinski definition) is 1. The zero-order chi connectivity index (χ0) is 15.6. The number of rotatable bonds is 4. The van der Waals surface area contributed by atoms with Gasteiger partial charge in [0.1, 0.15) is 5.92 Å². The van der Waals surface area contributed by atoms with Gasteiger partial charge in [-0.25, -0.2) is 4.79 Å². The van der Waals surface area contributed by atoms with Crippen molar-refractivity contribution in [2.75, 3.05) is 6.54 Å². The van der Waals surface area contributed by atoms with Crippen LogP contribution in [0.5, 0.6) is 0 Å². The largest absolute Gasteiger partial charge is 0.330 e. The number of hydrogen-bond acceptors (Lipinski definition) is 3. The SMILES string of the molecule is CCC(C)CN1C(=O)NC(=O)C(c2cccc(Br)c2)C1=O. The van der Waals surface area contributed by atoms with E-state index >= 15 is 0 Å². The second kappa shape index (κ2) is 6.39. The van der Waals surface area contributed by atoms with Crippen LogP contribution in [-0.4, -0.2) is 29.3 Å². The van der Waals surface area contributed by atoms with Gasteiger partial charge < -0.3 is 0 Å². The summed E-state index contributed by atoms with van der Waals surface area (Å²) in [5, 5.41) is 2.27. The molecule has 0 saturated carbocycles. The van der Waals surface area contributed by atoms with E-state index in [9.17, 15) is 14.4 Å². The molecule has 1 N–H and O–H groups in total. The van der Waals surface area contributed by atoms with Crippen LogP contribution in [0.4, 0.5) is 4.79 Å². The third-order valence-electron chi connectivity index (χ3n) is 3.62. The fraction of sp³-hybridized carbons (Fsp3) is 0.400. The first-order valence-electron chi connectivity index (χ1n) is 6.85. The molecule has 1 heterocycles. The average Bonchev–Trinajstić information content (AvgIpc) is 2.43. The number of nitrogens with one attached hydrogen (secondary N) is 1. The number of imide groups is 2. The Morgan fingerprint density at radius 3 is 2.67 bits per heavy atom. The number of urea groups is 1. The number of barbiturate groups is 1. The van der Waals surface area contributed by atoms with Gasteiger partial charge in [0.15, 0.2) is 0 Å². The lowest BCUT2D eigenvalue weighted by Gasteiger charge is -2.31. The molecule has 1 aromatic rings. The first-order chi connectivity index (χ1) is 9.93. The van der Waals surface area contributed by atoms with Crippen LogP contribution in [0.25, 0.3) is 0 Å². The zero-order valence-electron chi connectivity index (χ0n) is 11.9. The molecule has 0 aromatic heterocycles. The Bertz CT molecular complexity index is 588. The van der Waals surface area contributed by atoms with E-state index in [1.165, 1.54) is 0 Å². The van der Waals surface area contributed by atoms with Crippen molar-refractivity contribution in [2.45, 2.75) is 26.2 Å². The van der Waals surface area contributed by atoms with Crippen LogP contribution in [0.15, 0.2) is 28.7 Å². The van der Waals surface area contributed by atoms with Gasteiger partial charge in [-0.2, -0.15) is 0 Å². The molecule has 1 saturated heterocycles.